The number of hydrogen-bond donors (Lipinski definition) is 0. The summed E-state index contributed by atoms with van der Waals surface area (Å²) in [4.78, 5) is 13.8. The summed E-state index contributed by atoms with van der Waals surface area (Å²) in [5, 5.41) is 0.00129. The summed E-state index contributed by atoms with van der Waals surface area (Å²) in [6, 6.07) is 6.27. The van der Waals surface area contributed by atoms with E-state index in [0.29, 0.717) is 9.35 Å². The SMILES string of the molecule is CCc1ccc(C(=O)COc2cc(F)c(Cl)cc2Br)s1. The topological polar surface area (TPSA) is 26.3 Å². The van der Waals surface area contributed by atoms with Crippen molar-refractivity contribution in [3.8, 4) is 5.75 Å². The van der Waals surface area contributed by atoms with Crippen LogP contribution >= 0.6 is 38.9 Å². The van der Waals surface area contributed by atoms with Crippen LogP contribution in [0.2, 0.25) is 5.02 Å². The summed E-state index contributed by atoms with van der Waals surface area (Å²) in [5.41, 5.74) is 0. The molecular formula is C14H11BrClFO2S. The molecule has 2 aromatic rings. The Labute approximate surface area is 133 Å². The van der Waals surface area contributed by atoms with Crippen molar-refractivity contribution in [2.45, 2.75) is 13.3 Å². The third-order valence-corrected chi connectivity index (χ3v) is 4.80. The van der Waals surface area contributed by atoms with Crippen molar-refractivity contribution in [1.29, 1.82) is 0 Å². The molecule has 0 saturated heterocycles. The van der Waals surface area contributed by atoms with Gasteiger partial charge in [0.1, 0.15) is 11.6 Å². The first-order valence-corrected chi connectivity index (χ1v) is 7.89. The number of benzene rings is 1. The molecule has 0 N–H and O–H groups in total. The molecule has 106 valence electrons. The zero-order valence-corrected chi connectivity index (χ0v) is 13.7. The van der Waals surface area contributed by atoms with Gasteiger partial charge in [-0.3, -0.25) is 4.79 Å². The largest absolute Gasteiger partial charge is 0.484 e. The van der Waals surface area contributed by atoms with Gasteiger partial charge in [0.2, 0.25) is 5.78 Å². The van der Waals surface area contributed by atoms with Crippen molar-refractivity contribution in [3.63, 3.8) is 0 Å². The lowest BCUT2D eigenvalue weighted by Gasteiger charge is -2.07. The van der Waals surface area contributed by atoms with Gasteiger partial charge in [-0.2, -0.15) is 0 Å². The van der Waals surface area contributed by atoms with Gasteiger partial charge in [-0.1, -0.05) is 18.5 Å². The fourth-order valence-corrected chi connectivity index (χ4v) is 3.17. The van der Waals surface area contributed by atoms with Gasteiger partial charge in [-0.25, -0.2) is 4.39 Å². The van der Waals surface area contributed by atoms with Gasteiger partial charge in [0, 0.05) is 10.9 Å². The Morgan fingerprint density at radius 2 is 2.20 bits per heavy atom. The van der Waals surface area contributed by atoms with Crippen molar-refractivity contribution in [1.82, 2.24) is 0 Å². The number of Topliss-reactive ketones (excluding diaryl/α,β-unsaturated/α-hetero) is 1. The van der Waals surface area contributed by atoms with E-state index in [9.17, 15) is 9.18 Å². The fourth-order valence-electron chi connectivity index (χ4n) is 1.55. The van der Waals surface area contributed by atoms with Gasteiger partial charge >= 0.3 is 0 Å². The molecule has 20 heavy (non-hydrogen) atoms. The highest BCUT2D eigenvalue weighted by Gasteiger charge is 2.13. The minimum atomic E-state index is -0.582. The van der Waals surface area contributed by atoms with Crippen LogP contribution in [0.25, 0.3) is 0 Å². The summed E-state index contributed by atoms with van der Waals surface area (Å²) < 4.78 is 19.2. The molecule has 2 rings (SSSR count). The van der Waals surface area contributed by atoms with Crippen LogP contribution in [0.15, 0.2) is 28.7 Å². The minimum Gasteiger partial charge on any atom is -0.484 e. The van der Waals surface area contributed by atoms with E-state index in [1.807, 2.05) is 13.0 Å². The van der Waals surface area contributed by atoms with Gasteiger partial charge in [0.25, 0.3) is 0 Å². The number of thiophene rings is 1. The molecule has 0 radical (unpaired) electrons. The number of carbonyl (C=O) groups is 1. The Bertz CT molecular complexity index is 642. The van der Waals surface area contributed by atoms with E-state index in [1.165, 1.54) is 17.4 Å². The summed E-state index contributed by atoms with van der Waals surface area (Å²) in [6.45, 7) is 1.90. The molecule has 0 aliphatic heterocycles. The summed E-state index contributed by atoms with van der Waals surface area (Å²) >= 11 is 10.3. The number of ketones is 1. The fraction of sp³-hybridized carbons (Fsp3) is 0.214. The van der Waals surface area contributed by atoms with E-state index >= 15 is 0 Å². The maximum absolute atomic E-state index is 13.3. The van der Waals surface area contributed by atoms with Crippen molar-refractivity contribution in [3.05, 3.63) is 49.3 Å². The second-order valence-corrected chi connectivity index (χ2v) is 6.46. The van der Waals surface area contributed by atoms with Gasteiger partial charge in [-0.15, -0.1) is 11.3 Å². The Morgan fingerprint density at radius 1 is 1.45 bits per heavy atom. The highest BCUT2D eigenvalue weighted by molar-refractivity contribution is 9.10. The number of aryl methyl sites for hydroxylation is 1. The minimum absolute atomic E-state index is 0.00129. The summed E-state index contributed by atoms with van der Waals surface area (Å²) in [7, 11) is 0. The molecule has 0 aliphatic carbocycles. The Morgan fingerprint density at radius 3 is 2.85 bits per heavy atom. The predicted octanol–water partition coefficient (Wildman–Crippen LogP) is 5.13. The highest BCUT2D eigenvalue weighted by atomic mass is 79.9. The zero-order valence-electron chi connectivity index (χ0n) is 10.6. The number of halogens is 3. The highest BCUT2D eigenvalue weighted by Crippen LogP contribution is 2.30. The quantitative estimate of drug-likeness (QED) is 0.533. The van der Waals surface area contributed by atoms with Crippen LogP contribution in [0.3, 0.4) is 0 Å². The van der Waals surface area contributed by atoms with E-state index in [2.05, 4.69) is 15.9 Å². The molecular weight excluding hydrogens is 367 g/mol. The predicted molar refractivity (Wildman–Crippen MR) is 82.6 cm³/mol. The van der Waals surface area contributed by atoms with Crippen molar-refractivity contribution >= 4 is 44.7 Å². The Kier molecular flexibility index (Phi) is 5.18. The molecule has 0 aliphatic rings. The molecule has 6 heteroatoms. The van der Waals surface area contributed by atoms with E-state index in [4.69, 9.17) is 16.3 Å². The monoisotopic (exact) mass is 376 g/mol. The van der Waals surface area contributed by atoms with Crippen molar-refractivity contribution in [2.75, 3.05) is 6.61 Å². The van der Waals surface area contributed by atoms with Crippen molar-refractivity contribution in [2.24, 2.45) is 0 Å². The molecule has 0 bridgehead atoms. The molecule has 1 aromatic carbocycles. The Hall–Kier alpha value is -0.910. The number of carbonyl (C=O) groups excluding carboxylic acids is 1. The van der Waals surface area contributed by atoms with Crippen LogP contribution in [0, 0.1) is 5.82 Å². The lowest BCUT2D eigenvalue weighted by molar-refractivity contribution is 0.0925. The van der Waals surface area contributed by atoms with E-state index in [-0.39, 0.29) is 23.2 Å². The molecule has 0 saturated carbocycles. The molecule has 0 fully saturated rings. The standard InChI is InChI=1S/C14H11BrClFO2S/c1-2-8-3-4-14(20-8)12(18)7-19-13-6-11(17)10(16)5-9(13)15/h3-6H,2,7H2,1H3. The van der Waals surface area contributed by atoms with Gasteiger partial charge in [-0.05, 0) is 40.5 Å². The smallest absolute Gasteiger partial charge is 0.210 e. The normalized spacial score (nSPS) is 10.6. The van der Waals surface area contributed by atoms with Gasteiger partial charge in [0.05, 0.1) is 14.4 Å². The third kappa shape index (κ3) is 3.59. The first-order valence-electron chi connectivity index (χ1n) is 5.90. The zero-order chi connectivity index (χ0) is 14.7. The van der Waals surface area contributed by atoms with E-state index < -0.39 is 5.82 Å². The van der Waals surface area contributed by atoms with E-state index in [1.54, 1.807) is 6.07 Å². The van der Waals surface area contributed by atoms with E-state index in [0.717, 1.165) is 17.4 Å². The van der Waals surface area contributed by atoms with Crippen LogP contribution in [-0.2, 0) is 6.42 Å². The number of rotatable bonds is 5. The molecule has 0 spiro atoms. The first kappa shape index (κ1) is 15.5. The first-order chi connectivity index (χ1) is 9.51. The molecule has 2 nitrogen and oxygen atoms in total. The molecule has 0 unspecified atom stereocenters. The molecule has 1 heterocycles. The number of hydrogen-bond acceptors (Lipinski definition) is 3. The molecule has 0 amide bonds. The van der Waals surface area contributed by atoms with Gasteiger partial charge in [0.15, 0.2) is 6.61 Å². The molecule has 1 aromatic heterocycles. The summed E-state index contributed by atoms with van der Waals surface area (Å²) in [6.07, 6.45) is 0.896. The number of ether oxygens (including phenoxy) is 1. The van der Waals surface area contributed by atoms with Crippen LogP contribution < -0.4 is 4.74 Å². The lowest BCUT2D eigenvalue weighted by Crippen LogP contribution is -2.10. The second-order valence-electron chi connectivity index (χ2n) is 4.03. The van der Waals surface area contributed by atoms with Crippen LogP contribution in [0.5, 0.6) is 5.75 Å². The third-order valence-electron chi connectivity index (χ3n) is 2.62. The second kappa shape index (κ2) is 6.70. The maximum atomic E-state index is 13.3. The summed E-state index contributed by atoms with van der Waals surface area (Å²) in [5.74, 6) is -0.453. The average molecular weight is 378 g/mol. The lowest BCUT2D eigenvalue weighted by atomic mass is 10.3. The maximum Gasteiger partial charge on any atom is 0.210 e. The van der Waals surface area contributed by atoms with Crippen LogP contribution in [0.1, 0.15) is 21.5 Å². The van der Waals surface area contributed by atoms with Crippen molar-refractivity contribution < 1.29 is 13.9 Å². The average Bonchev–Trinajstić information content (AvgIpc) is 2.90. The van der Waals surface area contributed by atoms with Crippen LogP contribution in [0.4, 0.5) is 4.39 Å². The molecule has 0 atom stereocenters. The van der Waals surface area contributed by atoms with Gasteiger partial charge < -0.3 is 4.74 Å². The van der Waals surface area contributed by atoms with Crippen LogP contribution in [-0.4, -0.2) is 12.4 Å². The Balaban J connectivity index is 2.05.